The predicted molar refractivity (Wildman–Crippen MR) is 121 cm³/mol. The van der Waals surface area contributed by atoms with Crippen LogP contribution in [-0.4, -0.2) is 66.7 Å². The summed E-state index contributed by atoms with van der Waals surface area (Å²) in [5, 5.41) is 10.8. The van der Waals surface area contributed by atoms with Crippen molar-refractivity contribution in [2.75, 3.05) is 17.9 Å². The largest absolute Gasteiger partial charge is 0.480 e. The Balaban J connectivity index is 1.62. The van der Waals surface area contributed by atoms with Crippen molar-refractivity contribution in [2.24, 2.45) is 0 Å². The van der Waals surface area contributed by atoms with Crippen LogP contribution in [0.25, 0.3) is 11.0 Å². The molecule has 4 rings (SSSR count). The van der Waals surface area contributed by atoms with Crippen molar-refractivity contribution in [3.05, 3.63) is 29.5 Å². The topological polar surface area (TPSA) is 132 Å². The molecule has 1 saturated heterocycles. The molecule has 33 heavy (non-hydrogen) atoms. The van der Waals surface area contributed by atoms with Crippen LogP contribution >= 0.6 is 0 Å². The number of hydrogen-bond donors (Lipinski definition) is 2. The van der Waals surface area contributed by atoms with Gasteiger partial charge in [0.25, 0.3) is 17.2 Å². The lowest BCUT2D eigenvalue weighted by Gasteiger charge is -2.28. The molecule has 2 unspecified atom stereocenters. The van der Waals surface area contributed by atoms with Gasteiger partial charge in [0, 0.05) is 37.0 Å². The monoisotopic (exact) mass is 477 g/mol. The molecule has 0 bridgehead atoms. The Morgan fingerprint density at radius 2 is 1.97 bits per heavy atom. The van der Waals surface area contributed by atoms with Crippen LogP contribution in [0.2, 0.25) is 0 Å². The molecule has 2 N–H and O–H groups in total. The number of hydrogen-bond acceptors (Lipinski definition) is 5. The van der Waals surface area contributed by atoms with Crippen LogP contribution in [0.4, 0.5) is 10.5 Å². The molecule has 2 aliphatic rings. The number of carboxylic acid groups (broad SMARTS) is 1. The molecule has 2 aromatic rings. The summed E-state index contributed by atoms with van der Waals surface area (Å²) in [7, 11) is 1.50. The number of benzene rings is 1. The summed E-state index contributed by atoms with van der Waals surface area (Å²) in [6.45, 7) is 3.01. The Bertz CT molecular complexity index is 1160. The predicted octanol–water partition coefficient (Wildman–Crippen LogP) is 2.77. The molecule has 0 saturated carbocycles. The number of aryl methyl sites for hydroxylation is 2. The number of carbonyl (C=O) groups excluding carboxylic acids is 2. The van der Waals surface area contributed by atoms with E-state index in [2.05, 4.69) is 0 Å². The Hall–Kier alpha value is -2.92. The second-order valence-electron chi connectivity index (χ2n) is 8.95. The third kappa shape index (κ3) is 3.89. The number of likely N-dealkylation sites (N-methyl/N-ethyl adjacent to an activating group) is 1. The first-order chi connectivity index (χ1) is 15.5. The van der Waals surface area contributed by atoms with E-state index in [0.29, 0.717) is 5.58 Å². The Kier molecular flexibility index (Phi) is 5.95. The zero-order valence-corrected chi connectivity index (χ0v) is 19.6. The lowest BCUT2D eigenvalue weighted by molar-refractivity contribution is -0.139. The van der Waals surface area contributed by atoms with Gasteiger partial charge >= 0.3 is 12.0 Å². The van der Waals surface area contributed by atoms with Crippen molar-refractivity contribution in [3.63, 3.8) is 0 Å². The summed E-state index contributed by atoms with van der Waals surface area (Å²) in [5.41, 5.74) is 0.830. The molecule has 1 aromatic heterocycles. The maximum atomic E-state index is 12.6. The first-order valence-electron chi connectivity index (χ1n) is 10.8. The van der Waals surface area contributed by atoms with Gasteiger partial charge in [0.15, 0.2) is 0 Å². The van der Waals surface area contributed by atoms with Crippen LogP contribution in [0.5, 0.6) is 0 Å². The number of urea groups is 1. The standard InChI is InChI=1S/C22H27N3O7S/c1-22(2)20(28)24(21(29)23(22)3)11-10-16(19(26)27)25(33(30)31)13-8-9-15-14-6-4-5-7-17(14)32-18(15)12-13/h8-9,12,16H,4-7,10-11H2,1-3H3,(H,26,27)(H,30,31). The van der Waals surface area contributed by atoms with Crippen molar-refractivity contribution in [1.29, 1.82) is 0 Å². The number of aliphatic carboxylic acids is 1. The van der Waals surface area contributed by atoms with Crippen LogP contribution in [0, 0.1) is 0 Å². The average molecular weight is 478 g/mol. The van der Waals surface area contributed by atoms with Gasteiger partial charge in [-0.2, -0.15) is 0 Å². The Morgan fingerprint density at radius 1 is 1.27 bits per heavy atom. The van der Waals surface area contributed by atoms with E-state index in [9.17, 15) is 28.3 Å². The fourth-order valence-corrected chi connectivity index (χ4v) is 5.25. The van der Waals surface area contributed by atoms with Gasteiger partial charge in [0.05, 0.1) is 5.69 Å². The minimum Gasteiger partial charge on any atom is -0.480 e. The van der Waals surface area contributed by atoms with Crippen molar-refractivity contribution >= 4 is 45.8 Å². The quantitative estimate of drug-likeness (QED) is 0.463. The van der Waals surface area contributed by atoms with E-state index in [4.69, 9.17) is 4.42 Å². The molecule has 0 spiro atoms. The first kappa shape index (κ1) is 23.2. The summed E-state index contributed by atoms with van der Waals surface area (Å²) >= 11 is -2.67. The number of amides is 3. The zero-order chi connectivity index (χ0) is 24.1. The van der Waals surface area contributed by atoms with E-state index >= 15 is 0 Å². The molecular weight excluding hydrogens is 450 g/mol. The van der Waals surface area contributed by atoms with E-state index < -0.39 is 40.8 Å². The van der Waals surface area contributed by atoms with Crippen LogP contribution in [0.15, 0.2) is 22.6 Å². The number of rotatable bonds is 7. The van der Waals surface area contributed by atoms with Gasteiger partial charge < -0.3 is 14.4 Å². The highest BCUT2D eigenvalue weighted by Crippen LogP contribution is 2.35. The highest BCUT2D eigenvalue weighted by Gasteiger charge is 2.49. The number of anilines is 1. The van der Waals surface area contributed by atoms with Crippen molar-refractivity contribution < 1.29 is 32.7 Å². The minimum atomic E-state index is -2.67. The number of furan rings is 1. The van der Waals surface area contributed by atoms with Crippen molar-refractivity contribution in [1.82, 2.24) is 9.80 Å². The molecular formula is C22H27N3O7S. The number of nitrogens with zero attached hydrogens (tertiary/aromatic N) is 3. The lowest BCUT2D eigenvalue weighted by Crippen LogP contribution is -2.45. The number of carboxylic acids is 1. The fraction of sp³-hybridized carbons (Fsp3) is 0.500. The van der Waals surface area contributed by atoms with Crippen LogP contribution in [0.1, 0.15) is 44.4 Å². The molecule has 1 fully saturated rings. The third-order valence-corrected chi connectivity index (χ3v) is 7.48. The van der Waals surface area contributed by atoms with Crippen molar-refractivity contribution in [3.8, 4) is 0 Å². The zero-order valence-electron chi connectivity index (χ0n) is 18.7. The van der Waals surface area contributed by atoms with Crippen LogP contribution in [-0.2, 0) is 33.7 Å². The Morgan fingerprint density at radius 3 is 2.58 bits per heavy atom. The molecule has 3 amide bonds. The second-order valence-corrected chi connectivity index (χ2v) is 9.80. The van der Waals surface area contributed by atoms with Gasteiger partial charge in [-0.15, -0.1) is 0 Å². The average Bonchev–Trinajstić information content (AvgIpc) is 3.20. The molecule has 178 valence electrons. The molecule has 0 radical (unpaired) electrons. The molecule has 2 heterocycles. The maximum absolute atomic E-state index is 12.6. The minimum absolute atomic E-state index is 0.201. The van der Waals surface area contributed by atoms with Gasteiger partial charge in [-0.3, -0.25) is 18.6 Å². The van der Waals surface area contributed by atoms with Gasteiger partial charge in [-0.05, 0) is 51.7 Å². The lowest BCUT2D eigenvalue weighted by atomic mass is 9.96. The highest BCUT2D eigenvalue weighted by molar-refractivity contribution is 7.80. The van der Waals surface area contributed by atoms with E-state index in [1.54, 1.807) is 32.0 Å². The molecule has 1 aromatic carbocycles. The fourth-order valence-electron chi connectivity index (χ4n) is 4.54. The Labute approximate surface area is 193 Å². The van der Waals surface area contributed by atoms with Gasteiger partial charge in [-0.25, -0.2) is 13.8 Å². The van der Waals surface area contributed by atoms with E-state index in [-0.39, 0.29) is 18.7 Å². The second kappa shape index (κ2) is 8.45. The molecule has 1 aliphatic heterocycles. The smallest absolute Gasteiger partial charge is 0.327 e. The van der Waals surface area contributed by atoms with E-state index in [1.165, 1.54) is 11.9 Å². The van der Waals surface area contributed by atoms with Gasteiger partial charge in [-0.1, -0.05) is 0 Å². The summed E-state index contributed by atoms with van der Waals surface area (Å²) in [4.78, 5) is 39.5. The summed E-state index contributed by atoms with van der Waals surface area (Å²) < 4.78 is 29.0. The van der Waals surface area contributed by atoms with Gasteiger partial charge in [0.2, 0.25) is 0 Å². The summed E-state index contributed by atoms with van der Waals surface area (Å²) in [6.07, 6.45) is 3.60. The number of fused-ring (bicyclic) bond motifs is 3. The summed E-state index contributed by atoms with van der Waals surface area (Å²) in [5.74, 6) is -0.890. The highest BCUT2D eigenvalue weighted by atomic mass is 32.2. The maximum Gasteiger partial charge on any atom is 0.327 e. The first-order valence-corrected chi connectivity index (χ1v) is 11.9. The normalized spacial score (nSPS) is 19.6. The number of imide groups is 1. The van der Waals surface area contributed by atoms with Crippen LogP contribution in [0.3, 0.4) is 0 Å². The SMILES string of the molecule is CN1C(=O)N(CCC(C(=O)O)N(c2ccc3c4c(oc3c2)CCCC4)S(=O)O)C(=O)C1(C)C. The van der Waals surface area contributed by atoms with Gasteiger partial charge in [0.1, 0.15) is 22.9 Å². The third-order valence-electron chi connectivity index (χ3n) is 6.68. The van der Waals surface area contributed by atoms with E-state index in [1.807, 2.05) is 0 Å². The molecule has 10 nitrogen and oxygen atoms in total. The number of carbonyl (C=O) groups is 3. The molecule has 11 heteroatoms. The van der Waals surface area contributed by atoms with Crippen molar-refractivity contribution in [2.45, 2.75) is 57.5 Å². The van der Waals surface area contributed by atoms with E-state index in [0.717, 1.165) is 51.6 Å². The summed E-state index contributed by atoms with van der Waals surface area (Å²) in [6, 6.07) is 2.96. The molecule has 2 atom stereocenters. The van der Waals surface area contributed by atoms with Crippen LogP contribution < -0.4 is 4.31 Å². The molecule has 1 aliphatic carbocycles.